The molecule has 1 aliphatic carbocycles. The normalized spacial score (nSPS) is 29.4. The fourth-order valence-corrected chi connectivity index (χ4v) is 3.69. The molecule has 118 valence electrons. The summed E-state index contributed by atoms with van der Waals surface area (Å²) in [4.78, 5) is 30.1. The second-order valence-corrected chi connectivity index (χ2v) is 6.56. The van der Waals surface area contributed by atoms with E-state index in [9.17, 15) is 9.59 Å². The lowest BCUT2D eigenvalue weighted by atomic mass is 10.0. The summed E-state index contributed by atoms with van der Waals surface area (Å²) < 4.78 is 1.72. The number of nitrogens with zero attached hydrogens (tertiary/aromatic N) is 4. The van der Waals surface area contributed by atoms with Gasteiger partial charge in [0.2, 0.25) is 5.91 Å². The van der Waals surface area contributed by atoms with Crippen molar-refractivity contribution in [2.24, 2.45) is 11.8 Å². The van der Waals surface area contributed by atoms with Crippen LogP contribution in [0.1, 0.15) is 18.0 Å². The third kappa shape index (κ3) is 1.97. The lowest BCUT2D eigenvalue weighted by molar-refractivity contribution is -0.122. The molecule has 0 bridgehead atoms. The number of urea groups is 1. The second kappa shape index (κ2) is 4.43. The Kier molecular flexibility index (Phi) is 2.48. The molecule has 0 radical (unpaired) electrons. The molecule has 1 saturated carbocycles. The van der Waals surface area contributed by atoms with E-state index in [4.69, 9.17) is 0 Å². The van der Waals surface area contributed by atoms with E-state index < -0.39 is 11.9 Å². The fourth-order valence-electron chi connectivity index (χ4n) is 3.69. The van der Waals surface area contributed by atoms with E-state index in [1.807, 2.05) is 6.07 Å². The summed E-state index contributed by atoms with van der Waals surface area (Å²) in [6, 6.07) is 1.50. The molecular formula is C15H16N6O2. The van der Waals surface area contributed by atoms with E-state index in [1.165, 1.54) is 6.42 Å². The molecule has 3 aliphatic rings. The van der Waals surface area contributed by atoms with Gasteiger partial charge in [-0.1, -0.05) is 0 Å². The number of anilines is 1. The summed E-state index contributed by atoms with van der Waals surface area (Å²) in [5.41, 5.74) is 2.50. The number of nitrogens with one attached hydrogen (secondary N) is 2. The third-order valence-corrected chi connectivity index (χ3v) is 5.06. The predicted octanol–water partition coefficient (Wildman–Crippen LogP) is 0.108. The van der Waals surface area contributed by atoms with Crippen LogP contribution < -0.4 is 15.5 Å². The minimum Gasteiger partial charge on any atom is -0.368 e. The van der Waals surface area contributed by atoms with E-state index in [2.05, 4.69) is 25.6 Å². The van der Waals surface area contributed by atoms with Crippen LogP contribution in [0.3, 0.4) is 0 Å². The zero-order valence-corrected chi connectivity index (χ0v) is 12.4. The first-order valence-corrected chi connectivity index (χ1v) is 7.87. The lowest BCUT2D eigenvalue weighted by Gasteiger charge is -2.25. The molecule has 3 amide bonds. The number of amides is 3. The maximum Gasteiger partial charge on any atom is 0.321 e. The van der Waals surface area contributed by atoms with Gasteiger partial charge in [-0.05, 0) is 24.3 Å². The molecule has 2 saturated heterocycles. The van der Waals surface area contributed by atoms with Crippen molar-refractivity contribution in [2.75, 3.05) is 24.5 Å². The molecule has 3 unspecified atom stereocenters. The highest BCUT2D eigenvalue weighted by atomic mass is 16.2. The number of piperidine rings is 1. The van der Waals surface area contributed by atoms with Gasteiger partial charge < -0.3 is 10.2 Å². The second-order valence-electron chi connectivity index (χ2n) is 6.56. The van der Waals surface area contributed by atoms with Gasteiger partial charge in [-0.3, -0.25) is 10.1 Å². The number of hydrogen-bond donors (Lipinski definition) is 2. The van der Waals surface area contributed by atoms with Crippen LogP contribution >= 0.6 is 0 Å². The molecule has 2 aromatic rings. The van der Waals surface area contributed by atoms with E-state index in [0.29, 0.717) is 5.69 Å². The number of carbonyl (C=O) groups is 2. The first-order valence-electron chi connectivity index (χ1n) is 7.87. The summed E-state index contributed by atoms with van der Waals surface area (Å²) in [6.45, 7) is 2.36. The van der Waals surface area contributed by atoms with Gasteiger partial charge in [0.1, 0.15) is 0 Å². The van der Waals surface area contributed by atoms with Crippen molar-refractivity contribution in [1.29, 1.82) is 0 Å². The van der Waals surface area contributed by atoms with Crippen molar-refractivity contribution in [2.45, 2.75) is 12.3 Å². The number of hydrogen-bond acceptors (Lipinski definition) is 5. The Balaban J connectivity index is 1.56. The first-order chi connectivity index (χ1) is 11.2. The van der Waals surface area contributed by atoms with Gasteiger partial charge in [0.15, 0.2) is 5.65 Å². The number of imidazole rings is 1. The number of rotatable bonds is 2. The predicted molar refractivity (Wildman–Crippen MR) is 81.1 cm³/mol. The van der Waals surface area contributed by atoms with Gasteiger partial charge in [0.25, 0.3) is 0 Å². The Morgan fingerprint density at radius 2 is 2.04 bits per heavy atom. The largest absolute Gasteiger partial charge is 0.368 e. The summed E-state index contributed by atoms with van der Waals surface area (Å²) in [7, 11) is 0. The highest BCUT2D eigenvalue weighted by Crippen LogP contribution is 2.46. The molecule has 0 aromatic carbocycles. The zero-order valence-electron chi connectivity index (χ0n) is 12.4. The molecular weight excluding hydrogens is 296 g/mol. The molecule has 4 heterocycles. The molecule has 23 heavy (non-hydrogen) atoms. The Labute approximate surface area is 131 Å². The van der Waals surface area contributed by atoms with Crippen molar-refractivity contribution in [1.82, 2.24) is 25.2 Å². The highest BCUT2D eigenvalue weighted by molar-refractivity contribution is 6.00. The Morgan fingerprint density at radius 1 is 1.22 bits per heavy atom. The van der Waals surface area contributed by atoms with Crippen LogP contribution in [0.25, 0.3) is 5.65 Å². The first kappa shape index (κ1) is 12.9. The number of carbonyl (C=O) groups excluding carboxylic acids is 2. The van der Waals surface area contributed by atoms with Crippen LogP contribution in [-0.2, 0) is 4.79 Å². The van der Waals surface area contributed by atoms with Gasteiger partial charge in [-0.15, -0.1) is 0 Å². The van der Waals surface area contributed by atoms with Gasteiger partial charge >= 0.3 is 6.03 Å². The molecule has 3 atom stereocenters. The molecule has 5 rings (SSSR count). The summed E-state index contributed by atoms with van der Waals surface area (Å²) in [5.74, 6) is 0.823. The van der Waals surface area contributed by atoms with Crippen molar-refractivity contribution in [3.05, 3.63) is 24.2 Å². The van der Waals surface area contributed by atoms with Crippen LogP contribution in [0.4, 0.5) is 10.5 Å². The zero-order chi connectivity index (χ0) is 15.6. The minimum atomic E-state index is -0.476. The average Bonchev–Trinajstić information content (AvgIpc) is 2.96. The number of fused-ring (bicyclic) bond motifs is 2. The van der Waals surface area contributed by atoms with Crippen molar-refractivity contribution < 1.29 is 9.59 Å². The Bertz CT molecular complexity index is 820. The Hall–Kier alpha value is -2.64. The van der Waals surface area contributed by atoms with Gasteiger partial charge in [-0.2, -0.15) is 5.10 Å². The average molecular weight is 312 g/mol. The molecule has 2 aromatic heterocycles. The molecule has 8 heteroatoms. The van der Waals surface area contributed by atoms with E-state index in [1.54, 1.807) is 16.9 Å². The van der Waals surface area contributed by atoms with E-state index in [0.717, 1.165) is 36.3 Å². The summed E-state index contributed by atoms with van der Waals surface area (Å²) >= 11 is 0. The highest BCUT2D eigenvalue weighted by Gasteiger charge is 2.45. The van der Waals surface area contributed by atoms with Crippen LogP contribution in [0.5, 0.6) is 0 Å². The molecule has 8 nitrogen and oxygen atoms in total. The van der Waals surface area contributed by atoms with Crippen LogP contribution in [0.2, 0.25) is 0 Å². The third-order valence-electron chi connectivity index (χ3n) is 5.06. The quantitative estimate of drug-likeness (QED) is 0.821. The van der Waals surface area contributed by atoms with Crippen LogP contribution in [0, 0.1) is 11.8 Å². The smallest absolute Gasteiger partial charge is 0.321 e. The van der Waals surface area contributed by atoms with Crippen molar-refractivity contribution in [3.63, 3.8) is 0 Å². The number of imide groups is 1. The van der Waals surface area contributed by atoms with Crippen LogP contribution in [-0.4, -0.2) is 46.2 Å². The fraction of sp³-hybridized carbons (Fsp3) is 0.467. The molecule has 2 aliphatic heterocycles. The van der Waals surface area contributed by atoms with Crippen molar-refractivity contribution in [3.8, 4) is 0 Å². The Morgan fingerprint density at radius 3 is 2.83 bits per heavy atom. The summed E-state index contributed by atoms with van der Waals surface area (Å²) in [5, 5.41) is 9.47. The topological polar surface area (TPSA) is 91.6 Å². The summed E-state index contributed by atoms with van der Waals surface area (Å²) in [6.07, 6.45) is 4.84. The maximum atomic E-state index is 12.1. The molecule has 2 N–H and O–H groups in total. The van der Waals surface area contributed by atoms with Gasteiger partial charge in [0, 0.05) is 32.0 Å². The van der Waals surface area contributed by atoms with Gasteiger partial charge in [0.05, 0.1) is 17.3 Å². The molecule has 3 fully saturated rings. The SMILES string of the molecule is O=C1NCC(c2cc(N3CC4CC4C3)c3nccn3n2)C(=O)N1. The molecule has 0 spiro atoms. The standard InChI is InChI=1S/C15H16N6O2/c22-14-10(5-17-15(23)18-14)11-4-12(13-16-1-2-21(13)19-11)20-6-8-3-9(8)7-20/h1-2,4,8-10H,3,5-7H2,(H2,17,18,22,23). The lowest BCUT2D eigenvalue weighted by Crippen LogP contribution is -2.51. The van der Waals surface area contributed by atoms with E-state index in [-0.39, 0.29) is 12.5 Å². The van der Waals surface area contributed by atoms with Gasteiger partial charge in [-0.25, -0.2) is 14.3 Å². The monoisotopic (exact) mass is 312 g/mol. The minimum absolute atomic E-state index is 0.266. The number of aromatic nitrogens is 3. The maximum absolute atomic E-state index is 12.1. The van der Waals surface area contributed by atoms with Crippen LogP contribution in [0.15, 0.2) is 18.5 Å². The van der Waals surface area contributed by atoms with Crippen molar-refractivity contribution >= 4 is 23.3 Å². The van der Waals surface area contributed by atoms with E-state index >= 15 is 0 Å².